The first kappa shape index (κ1) is 27.5. The highest BCUT2D eigenvalue weighted by Gasteiger charge is 2.28. The number of rotatable bonds is 5. The monoisotopic (exact) mass is 529 g/mol. The lowest BCUT2D eigenvalue weighted by Crippen LogP contribution is -2.50. The van der Waals surface area contributed by atoms with E-state index in [1.807, 2.05) is 37.3 Å². The standard InChI is InChI=1S/C26H31N7O.2ClH/c1-15-10-11-20-19(12-15)23(31-21-8-4-5-9-22(21)32-26(27)28)33-24(30-20)25(34)29-18-13-16-6-2-3-7-17(16)14-18;;/h2-3,6-7,10-12,18,21-22H,4-5,8-9,13-14H2,1H3,(H,29,34)(H4,27,28,32)(H,30,31,33);2*1H/t21-,22+;;/m0../s1. The van der Waals surface area contributed by atoms with Gasteiger partial charge in [0, 0.05) is 23.5 Å². The van der Waals surface area contributed by atoms with Crippen molar-refractivity contribution < 1.29 is 4.79 Å². The van der Waals surface area contributed by atoms with E-state index in [0.29, 0.717) is 5.82 Å². The third kappa shape index (κ3) is 5.99. The number of guanidine groups is 1. The fourth-order valence-corrected chi connectivity index (χ4v) is 5.22. The summed E-state index contributed by atoms with van der Waals surface area (Å²) in [6.07, 6.45) is 5.68. The first-order chi connectivity index (χ1) is 16.5. The van der Waals surface area contributed by atoms with Crippen molar-refractivity contribution in [2.24, 2.45) is 5.73 Å². The molecule has 1 aromatic heterocycles. The maximum absolute atomic E-state index is 13.2. The number of hydrogen-bond donors (Lipinski definition) is 5. The summed E-state index contributed by atoms with van der Waals surface area (Å²) < 4.78 is 0. The van der Waals surface area contributed by atoms with Crippen molar-refractivity contribution in [3.8, 4) is 0 Å². The van der Waals surface area contributed by atoms with E-state index in [1.54, 1.807) is 0 Å². The van der Waals surface area contributed by atoms with Gasteiger partial charge in [-0.05, 0) is 55.9 Å². The van der Waals surface area contributed by atoms with Crippen molar-refractivity contribution in [1.82, 2.24) is 20.6 Å². The van der Waals surface area contributed by atoms with Crippen molar-refractivity contribution >= 4 is 53.4 Å². The zero-order valence-electron chi connectivity index (χ0n) is 20.2. The van der Waals surface area contributed by atoms with Crippen LogP contribution in [0.4, 0.5) is 5.82 Å². The molecule has 0 aliphatic heterocycles. The largest absolute Gasteiger partial charge is 0.370 e. The Morgan fingerprint density at radius 1 is 0.972 bits per heavy atom. The van der Waals surface area contributed by atoms with Crippen LogP contribution in [0.2, 0.25) is 0 Å². The molecule has 2 aromatic carbocycles. The Hall–Kier alpha value is -3.10. The Morgan fingerprint density at radius 3 is 2.31 bits per heavy atom. The number of benzene rings is 2. The average Bonchev–Trinajstić information content (AvgIpc) is 3.22. The molecular weight excluding hydrogens is 497 g/mol. The number of carbonyl (C=O) groups excluding carboxylic acids is 1. The second kappa shape index (κ2) is 11.8. The molecule has 1 fully saturated rings. The molecule has 8 nitrogen and oxygen atoms in total. The van der Waals surface area contributed by atoms with Gasteiger partial charge in [0.2, 0.25) is 5.82 Å². The first-order valence-electron chi connectivity index (χ1n) is 12.0. The van der Waals surface area contributed by atoms with Crippen LogP contribution in [0.25, 0.3) is 10.9 Å². The Bertz CT molecular complexity index is 1230. The van der Waals surface area contributed by atoms with Crippen LogP contribution in [-0.4, -0.2) is 40.0 Å². The van der Waals surface area contributed by atoms with Gasteiger partial charge >= 0.3 is 0 Å². The molecule has 1 heterocycles. The molecule has 0 unspecified atom stereocenters. The quantitative estimate of drug-likeness (QED) is 0.252. The predicted molar refractivity (Wildman–Crippen MR) is 149 cm³/mol. The van der Waals surface area contributed by atoms with Gasteiger partial charge in [-0.2, -0.15) is 0 Å². The lowest BCUT2D eigenvalue weighted by atomic mass is 9.90. The van der Waals surface area contributed by atoms with Crippen molar-refractivity contribution in [1.29, 1.82) is 5.41 Å². The van der Waals surface area contributed by atoms with Crippen LogP contribution in [0.3, 0.4) is 0 Å². The van der Waals surface area contributed by atoms with E-state index in [0.717, 1.165) is 55.0 Å². The number of nitrogens with one attached hydrogen (secondary N) is 4. The fraction of sp³-hybridized carbons (Fsp3) is 0.385. The van der Waals surface area contributed by atoms with Crippen LogP contribution in [0.15, 0.2) is 42.5 Å². The molecule has 0 radical (unpaired) electrons. The Morgan fingerprint density at radius 2 is 1.64 bits per heavy atom. The van der Waals surface area contributed by atoms with Crippen molar-refractivity contribution in [2.75, 3.05) is 5.32 Å². The van der Waals surface area contributed by atoms with Crippen LogP contribution in [0.1, 0.15) is 53.0 Å². The van der Waals surface area contributed by atoms with Gasteiger partial charge < -0.3 is 21.7 Å². The highest BCUT2D eigenvalue weighted by molar-refractivity contribution is 5.97. The minimum atomic E-state index is -0.259. The molecule has 0 bridgehead atoms. The third-order valence-electron chi connectivity index (χ3n) is 6.87. The van der Waals surface area contributed by atoms with Crippen molar-refractivity contribution in [2.45, 2.75) is 63.6 Å². The zero-order valence-corrected chi connectivity index (χ0v) is 21.8. The molecule has 10 heteroatoms. The van der Waals surface area contributed by atoms with Crippen LogP contribution in [0.5, 0.6) is 0 Å². The fourth-order valence-electron chi connectivity index (χ4n) is 5.22. The summed E-state index contributed by atoms with van der Waals surface area (Å²) in [6.45, 7) is 2.03. The van der Waals surface area contributed by atoms with E-state index in [-0.39, 0.29) is 60.6 Å². The van der Waals surface area contributed by atoms with E-state index < -0.39 is 0 Å². The van der Waals surface area contributed by atoms with E-state index in [2.05, 4.69) is 33.1 Å². The molecule has 0 spiro atoms. The van der Waals surface area contributed by atoms with Gasteiger partial charge in [0.25, 0.3) is 5.91 Å². The van der Waals surface area contributed by atoms with E-state index in [9.17, 15) is 4.79 Å². The Kier molecular flexibility index (Phi) is 8.98. The number of hydrogen-bond acceptors (Lipinski definition) is 5. The molecule has 6 N–H and O–H groups in total. The summed E-state index contributed by atoms with van der Waals surface area (Å²) in [4.78, 5) is 22.5. The van der Waals surface area contributed by atoms with E-state index in [1.165, 1.54) is 11.1 Å². The molecule has 1 amide bonds. The second-order valence-electron chi connectivity index (χ2n) is 9.46. The van der Waals surface area contributed by atoms with Crippen LogP contribution < -0.4 is 21.7 Å². The topological polar surface area (TPSA) is 129 Å². The van der Waals surface area contributed by atoms with Gasteiger partial charge in [0.05, 0.1) is 5.52 Å². The lowest BCUT2D eigenvalue weighted by Gasteiger charge is -2.33. The Labute approximate surface area is 223 Å². The van der Waals surface area contributed by atoms with Crippen molar-refractivity contribution in [3.63, 3.8) is 0 Å². The maximum Gasteiger partial charge on any atom is 0.289 e. The minimum Gasteiger partial charge on any atom is -0.370 e. The van der Waals surface area contributed by atoms with Crippen molar-refractivity contribution in [3.05, 3.63) is 65.0 Å². The summed E-state index contributed by atoms with van der Waals surface area (Å²) in [5.74, 6) is 0.530. The van der Waals surface area contributed by atoms with E-state index in [4.69, 9.17) is 16.1 Å². The highest BCUT2D eigenvalue weighted by atomic mass is 35.5. The number of aryl methyl sites for hydroxylation is 1. The third-order valence-corrected chi connectivity index (χ3v) is 6.87. The summed E-state index contributed by atoms with van der Waals surface area (Å²) in [7, 11) is 0. The molecule has 5 rings (SSSR count). The number of aromatic nitrogens is 2. The predicted octanol–water partition coefficient (Wildman–Crippen LogP) is 3.89. The number of nitrogens with zero attached hydrogens (tertiary/aromatic N) is 2. The Balaban J connectivity index is 0.00000180. The zero-order chi connectivity index (χ0) is 23.7. The van der Waals surface area contributed by atoms with Gasteiger partial charge in [0.1, 0.15) is 5.82 Å². The highest BCUT2D eigenvalue weighted by Crippen LogP contribution is 2.27. The summed E-state index contributed by atoms with van der Waals surface area (Å²) >= 11 is 0. The molecule has 2 aliphatic carbocycles. The summed E-state index contributed by atoms with van der Waals surface area (Å²) in [6, 6.07) is 14.4. The molecule has 1 saturated carbocycles. The lowest BCUT2D eigenvalue weighted by molar-refractivity contribution is 0.0928. The molecule has 2 atom stereocenters. The average molecular weight is 531 g/mol. The van der Waals surface area contributed by atoms with Gasteiger partial charge in [-0.3, -0.25) is 10.2 Å². The number of nitrogens with two attached hydrogens (primary N) is 1. The SMILES string of the molecule is Cc1ccc2nc(C(=O)NC3Cc4ccccc4C3)nc(N[C@H]3CCCC[C@H]3NC(=N)N)c2c1.Cl.Cl. The number of amides is 1. The molecular formula is C26H33Cl2N7O. The maximum atomic E-state index is 13.2. The van der Waals surface area contributed by atoms with E-state index >= 15 is 0 Å². The second-order valence-corrected chi connectivity index (χ2v) is 9.46. The van der Waals surface area contributed by atoms with Gasteiger partial charge in [0.15, 0.2) is 5.96 Å². The minimum absolute atomic E-state index is 0. The number of fused-ring (bicyclic) bond motifs is 2. The summed E-state index contributed by atoms with van der Waals surface area (Å²) in [5, 5.41) is 18.3. The number of halogens is 2. The summed E-state index contributed by atoms with van der Waals surface area (Å²) in [5.41, 5.74) is 10.0. The first-order valence-corrected chi connectivity index (χ1v) is 12.0. The van der Waals surface area contributed by atoms with Gasteiger partial charge in [-0.25, -0.2) is 9.97 Å². The molecule has 2 aliphatic rings. The smallest absolute Gasteiger partial charge is 0.289 e. The molecule has 36 heavy (non-hydrogen) atoms. The van der Waals surface area contributed by atoms with Crippen LogP contribution in [0, 0.1) is 12.3 Å². The normalized spacial score (nSPS) is 18.9. The van der Waals surface area contributed by atoms with Gasteiger partial charge in [-0.1, -0.05) is 48.7 Å². The molecule has 192 valence electrons. The number of anilines is 1. The van der Waals surface area contributed by atoms with Crippen LogP contribution in [-0.2, 0) is 12.8 Å². The number of carbonyl (C=O) groups is 1. The van der Waals surface area contributed by atoms with Crippen LogP contribution >= 0.6 is 24.8 Å². The molecule has 3 aromatic rings. The van der Waals surface area contributed by atoms with Gasteiger partial charge in [-0.15, -0.1) is 24.8 Å². The molecule has 0 saturated heterocycles.